The number of nitrogens with two attached hydrogens (primary N) is 1. The molecule has 0 fully saturated rings. The van der Waals surface area contributed by atoms with Crippen molar-refractivity contribution in [2.24, 2.45) is 5.84 Å². The maximum Gasteiger partial charge on any atom is 0.276 e. The lowest BCUT2D eigenvalue weighted by atomic mass is 10.3. The summed E-state index contributed by atoms with van der Waals surface area (Å²) >= 11 is 0. The molecule has 1 aromatic rings. The first-order valence-corrected chi connectivity index (χ1v) is 6.81. The fraction of sp³-hybridized carbons (Fsp3) is 0.375. The average Bonchev–Trinajstić information content (AvgIpc) is 2.38. The van der Waals surface area contributed by atoms with Crippen LogP contribution in [0.15, 0.2) is 12.1 Å². The van der Waals surface area contributed by atoms with Crippen LogP contribution >= 0.6 is 0 Å². The van der Waals surface area contributed by atoms with Gasteiger partial charge in [0.2, 0.25) is 10.0 Å². The first kappa shape index (κ1) is 15.1. The predicted octanol–water partition coefficient (Wildman–Crippen LogP) is -0.763. The molecule has 0 spiro atoms. The van der Waals surface area contributed by atoms with Crippen molar-refractivity contribution in [1.82, 2.24) is 9.71 Å². The Morgan fingerprint density at radius 2 is 2.05 bits per heavy atom. The highest BCUT2D eigenvalue weighted by Crippen LogP contribution is 2.19. The molecule has 1 heterocycles. The first-order chi connectivity index (χ1) is 8.88. The molecule has 106 valence electrons. The van der Waals surface area contributed by atoms with Gasteiger partial charge < -0.3 is 10.7 Å². The monoisotopic (exact) mass is 290 g/mol. The molecular formula is C8H14N6O4S. The lowest BCUT2D eigenvalue weighted by Crippen LogP contribution is -2.26. The van der Waals surface area contributed by atoms with Gasteiger partial charge in [0.25, 0.3) is 5.69 Å². The lowest BCUT2D eigenvalue weighted by molar-refractivity contribution is -0.384. The van der Waals surface area contributed by atoms with E-state index in [2.05, 4.69) is 20.4 Å². The number of pyridine rings is 1. The van der Waals surface area contributed by atoms with Crippen molar-refractivity contribution in [3.8, 4) is 0 Å². The molecule has 0 radical (unpaired) electrons. The SMILES string of the molecule is CNS(=O)(=O)CCNc1cc([N+](=O)[O-])cc(NN)n1. The summed E-state index contributed by atoms with van der Waals surface area (Å²) in [5.74, 6) is 5.22. The third kappa shape index (κ3) is 4.65. The molecule has 11 heteroatoms. The van der Waals surface area contributed by atoms with Gasteiger partial charge in [0.05, 0.1) is 22.8 Å². The Bertz CT molecular complexity index is 560. The van der Waals surface area contributed by atoms with Crippen molar-refractivity contribution >= 4 is 27.3 Å². The molecule has 0 aliphatic rings. The van der Waals surface area contributed by atoms with Crippen LogP contribution in [0.25, 0.3) is 0 Å². The van der Waals surface area contributed by atoms with Crippen LogP contribution < -0.4 is 21.3 Å². The van der Waals surface area contributed by atoms with E-state index in [1.54, 1.807) is 0 Å². The summed E-state index contributed by atoms with van der Waals surface area (Å²) in [6.07, 6.45) is 0. The zero-order valence-electron chi connectivity index (χ0n) is 10.1. The standard InChI is InChI=1S/C8H14N6O4S/c1-10-19(17,18)3-2-11-7-4-6(14(15)16)5-8(12-7)13-9/h4-5,10H,2-3,9H2,1H3,(H2,11,12,13). The summed E-state index contributed by atoms with van der Waals surface area (Å²) in [5.41, 5.74) is 1.99. The van der Waals surface area contributed by atoms with Gasteiger partial charge in [-0.05, 0) is 7.05 Å². The number of rotatable bonds is 7. The second kappa shape index (κ2) is 6.26. The first-order valence-electron chi connectivity index (χ1n) is 5.16. The van der Waals surface area contributed by atoms with E-state index in [1.165, 1.54) is 13.1 Å². The van der Waals surface area contributed by atoms with Crippen molar-refractivity contribution < 1.29 is 13.3 Å². The van der Waals surface area contributed by atoms with E-state index in [9.17, 15) is 18.5 Å². The van der Waals surface area contributed by atoms with Gasteiger partial charge in [-0.3, -0.25) is 10.1 Å². The predicted molar refractivity (Wildman–Crippen MR) is 70.0 cm³/mol. The molecule has 0 amide bonds. The highest BCUT2D eigenvalue weighted by Gasteiger charge is 2.11. The van der Waals surface area contributed by atoms with E-state index in [0.29, 0.717) is 0 Å². The van der Waals surface area contributed by atoms with E-state index in [0.717, 1.165) is 6.07 Å². The van der Waals surface area contributed by atoms with Crippen molar-refractivity contribution in [3.63, 3.8) is 0 Å². The van der Waals surface area contributed by atoms with E-state index in [4.69, 9.17) is 5.84 Å². The number of aromatic nitrogens is 1. The Kier molecular flexibility index (Phi) is 4.97. The van der Waals surface area contributed by atoms with E-state index in [-0.39, 0.29) is 29.6 Å². The number of sulfonamides is 1. The summed E-state index contributed by atoms with van der Waals surface area (Å²) in [7, 11) is -2.04. The maximum atomic E-state index is 11.2. The van der Waals surface area contributed by atoms with Gasteiger partial charge in [0.15, 0.2) is 0 Å². The molecular weight excluding hydrogens is 276 g/mol. The fourth-order valence-electron chi connectivity index (χ4n) is 1.20. The number of hydrogen-bond donors (Lipinski definition) is 4. The molecule has 0 aromatic carbocycles. The minimum Gasteiger partial charge on any atom is -0.369 e. The van der Waals surface area contributed by atoms with Crippen LogP contribution in [0.1, 0.15) is 0 Å². The molecule has 0 unspecified atom stereocenters. The minimum atomic E-state index is -3.35. The van der Waals surface area contributed by atoms with Crippen molar-refractivity contribution in [1.29, 1.82) is 0 Å². The Balaban J connectivity index is 2.78. The molecule has 0 aliphatic heterocycles. The van der Waals surface area contributed by atoms with Crippen molar-refractivity contribution in [3.05, 3.63) is 22.2 Å². The van der Waals surface area contributed by atoms with Crippen LogP contribution in [0.4, 0.5) is 17.3 Å². The smallest absolute Gasteiger partial charge is 0.276 e. The Morgan fingerprint density at radius 1 is 1.42 bits per heavy atom. The summed E-state index contributed by atoms with van der Waals surface area (Å²) in [4.78, 5) is 14.0. The number of nitrogens with zero attached hydrogens (tertiary/aromatic N) is 2. The molecule has 10 nitrogen and oxygen atoms in total. The summed E-state index contributed by atoms with van der Waals surface area (Å²) in [5, 5.41) is 13.4. The van der Waals surface area contributed by atoms with E-state index in [1.807, 2.05) is 0 Å². The fourth-order valence-corrected chi connectivity index (χ4v) is 1.78. The molecule has 0 saturated heterocycles. The van der Waals surface area contributed by atoms with Crippen LogP contribution in [-0.2, 0) is 10.0 Å². The number of nitro groups is 1. The average molecular weight is 290 g/mol. The molecule has 1 aromatic heterocycles. The molecule has 0 bridgehead atoms. The van der Waals surface area contributed by atoms with Crippen LogP contribution in [0.5, 0.6) is 0 Å². The van der Waals surface area contributed by atoms with Gasteiger partial charge in [-0.1, -0.05) is 0 Å². The normalized spacial score (nSPS) is 11.1. The molecule has 0 atom stereocenters. The van der Waals surface area contributed by atoms with E-state index >= 15 is 0 Å². The second-order valence-electron chi connectivity index (χ2n) is 3.45. The largest absolute Gasteiger partial charge is 0.369 e. The molecule has 19 heavy (non-hydrogen) atoms. The van der Waals surface area contributed by atoms with Crippen molar-refractivity contribution in [2.45, 2.75) is 0 Å². The number of nitrogens with one attached hydrogen (secondary N) is 3. The van der Waals surface area contributed by atoms with Gasteiger partial charge >= 0.3 is 0 Å². The van der Waals surface area contributed by atoms with Crippen LogP contribution in [-0.4, -0.2) is 37.7 Å². The Labute approximate surface area is 109 Å². The number of anilines is 2. The Hall–Kier alpha value is -1.98. The third-order valence-electron chi connectivity index (χ3n) is 2.16. The molecule has 0 aliphatic carbocycles. The van der Waals surface area contributed by atoms with Gasteiger partial charge in [-0.2, -0.15) is 0 Å². The molecule has 5 N–H and O–H groups in total. The maximum absolute atomic E-state index is 11.2. The zero-order chi connectivity index (χ0) is 14.5. The van der Waals surface area contributed by atoms with Gasteiger partial charge in [-0.15, -0.1) is 0 Å². The summed E-state index contributed by atoms with van der Waals surface area (Å²) < 4.78 is 24.5. The van der Waals surface area contributed by atoms with Crippen LogP contribution in [0, 0.1) is 10.1 Å². The third-order valence-corrected chi connectivity index (χ3v) is 3.52. The van der Waals surface area contributed by atoms with Crippen molar-refractivity contribution in [2.75, 3.05) is 30.1 Å². The van der Waals surface area contributed by atoms with Gasteiger partial charge in [-0.25, -0.2) is 24.0 Å². The topological polar surface area (TPSA) is 152 Å². The second-order valence-corrected chi connectivity index (χ2v) is 5.49. The lowest BCUT2D eigenvalue weighted by Gasteiger charge is -2.07. The summed E-state index contributed by atoms with van der Waals surface area (Å²) in [6.45, 7) is 0.0569. The van der Waals surface area contributed by atoms with Crippen LogP contribution in [0.2, 0.25) is 0 Å². The van der Waals surface area contributed by atoms with Gasteiger partial charge in [0.1, 0.15) is 11.6 Å². The Morgan fingerprint density at radius 3 is 2.58 bits per heavy atom. The number of nitrogen functional groups attached to an aromatic ring is 1. The highest BCUT2D eigenvalue weighted by molar-refractivity contribution is 7.89. The minimum absolute atomic E-state index is 0.0569. The quantitative estimate of drug-likeness (QED) is 0.290. The van der Waals surface area contributed by atoms with Gasteiger partial charge in [0, 0.05) is 6.54 Å². The van der Waals surface area contributed by atoms with E-state index < -0.39 is 14.9 Å². The molecule has 0 saturated carbocycles. The summed E-state index contributed by atoms with van der Waals surface area (Å²) in [6, 6.07) is 2.35. The molecule has 1 rings (SSSR count). The highest BCUT2D eigenvalue weighted by atomic mass is 32.2. The van der Waals surface area contributed by atoms with Crippen LogP contribution in [0.3, 0.4) is 0 Å². The zero-order valence-corrected chi connectivity index (χ0v) is 10.9. The number of hydrogen-bond acceptors (Lipinski definition) is 8. The number of hydrazine groups is 1.